The molecule has 0 aromatic heterocycles. The molecule has 0 aliphatic carbocycles. The molecule has 0 bridgehead atoms. The number of nitrogens with one attached hydrogen (secondary N) is 1. The van der Waals surface area contributed by atoms with Crippen molar-refractivity contribution in [1.82, 2.24) is 4.72 Å². The summed E-state index contributed by atoms with van der Waals surface area (Å²) in [5, 5.41) is 8.88. The van der Waals surface area contributed by atoms with Gasteiger partial charge in [-0.25, -0.2) is 0 Å². The maximum atomic E-state index is 11.1. The summed E-state index contributed by atoms with van der Waals surface area (Å²) in [5.41, 5.74) is 6.77. The highest BCUT2D eigenvalue weighted by atomic mass is 79.9. The lowest BCUT2D eigenvalue weighted by atomic mass is 10.1. The van der Waals surface area contributed by atoms with Gasteiger partial charge in [0, 0.05) is 21.5 Å². The molecule has 2 rings (SSSR count). The van der Waals surface area contributed by atoms with Crippen molar-refractivity contribution in [1.29, 1.82) is 5.26 Å². The van der Waals surface area contributed by atoms with Gasteiger partial charge in [-0.1, -0.05) is 15.9 Å². The van der Waals surface area contributed by atoms with Gasteiger partial charge in [0.15, 0.2) is 0 Å². The first-order chi connectivity index (χ1) is 8.11. The molecule has 1 aliphatic rings. The molecule has 0 saturated carbocycles. The largest absolute Gasteiger partial charge is 0.365 e. The van der Waals surface area contributed by atoms with Gasteiger partial charge in [0.25, 0.3) is 5.91 Å². The summed E-state index contributed by atoms with van der Waals surface area (Å²) in [6.45, 7) is 0. The van der Waals surface area contributed by atoms with Crippen LogP contribution in [0.2, 0.25) is 0 Å². The third-order valence-corrected chi connectivity index (χ3v) is 3.79. The number of carbonyl (C=O) groups is 1. The van der Waals surface area contributed by atoms with Crippen molar-refractivity contribution < 1.29 is 4.79 Å². The van der Waals surface area contributed by atoms with Crippen molar-refractivity contribution in [2.24, 2.45) is 5.73 Å². The molecule has 0 saturated heterocycles. The lowest BCUT2D eigenvalue weighted by molar-refractivity contribution is -0.114. The summed E-state index contributed by atoms with van der Waals surface area (Å²) in [5.74, 6) is -0.700. The van der Waals surface area contributed by atoms with E-state index >= 15 is 0 Å². The van der Waals surface area contributed by atoms with E-state index in [0.29, 0.717) is 12.1 Å². The molecule has 4 nitrogen and oxygen atoms in total. The zero-order valence-electron chi connectivity index (χ0n) is 8.66. The van der Waals surface area contributed by atoms with Gasteiger partial charge in [0.2, 0.25) is 0 Å². The SMILES string of the molecule is N#C/C(C(N)=O)=C1/Cc2cc(Br)ccc2SN1. The number of hydrogen-bond acceptors (Lipinski definition) is 4. The Morgan fingerprint density at radius 1 is 1.59 bits per heavy atom. The van der Waals surface area contributed by atoms with Crippen molar-refractivity contribution in [3.05, 3.63) is 39.5 Å². The number of amides is 1. The van der Waals surface area contributed by atoms with Gasteiger partial charge in [0.1, 0.15) is 11.6 Å². The monoisotopic (exact) mass is 309 g/mol. The Morgan fingerprint density at radius 2 is 2.35 bits per heavy atom. The van der Waals surface area contributed by atoms with Crippen LogP contribution in [0.25, 0.3) is 0 Å². The predicted octanol–water partition coefficient (Wildman–Crippen LogP) is 1.86. The molecule has 1 aromatic carbocycles. The van der Waals surface area contributed by atoms with Crippen LogP contribution < -0.4 is 10.5 Å². The number of benzene rings is 1. The molecule has 3 N–H and O–H groups in total. The number of rotatable bonds is 1. The minimum absolute atomic E-state index is 0.0110. The summed E-state index contributed by atoms with van der Waals surface area (Å²) in [6, 6.07) is 7.73. The Morgan fingerprint density at radius 3 is 3.00 bits per heavy atom. The Hall–Kier alpha value is -1.45. The Bertz CT molecular complexity index is 562. The van der Waals surface area contributed by atoms with E-state index in [-0.39, 0.29) is 5.57 Å². The Balaban J connectivity index is 2.42. The molecule has 1 aliphatic heterocycles. The van der Waals surface area contributed by atoms with E-state index in [1.54, 1.807) is 0 Å². The van der Waals surface area contributed by atoms with E-state index in [4.69, 9.17) is 11.0 Å². The maximum absolute atomic E-state index is 11.1. The normalized spacial score (nSPS) is 16.5. The molecular formula is C11H8BrN3OS. The lowest BCUT2D eigenvalue weighted by Gasteiger charge is -2.20. The van der Waals surface area contributed by atoms with Crippen LogP contribution in [-0.4, -0.2) is 5.91 Å². The summed E-state index contributed by atoms with van der Waals surface area (Å²) in [6.07, 6.45) is 0.508. The second-order valence-corrected chi connectivity index (χ2v) is 5.23. The van der Waals surface area contributed by atoms with Crippen LogP contribution in [0, 0.1) is 11.3 Å². The second kappa shape index (κ2) is 4.82. The van der Waals surface area contributed by atoms with Gasteiger partial charge < -0.3 is 10.5 Å². The standard InChI is InChI=1S/C11H8BrN3OS/c12-7-1-2-10-6(3-7)4-9(15-17-10)8(5-13)11(14)16/h1-3,15H,4H2,(H2,14,16)/b9-8+. The fourth-order valence-electron chi connectivity index (χ4n) is 1.54. The van der Waals surface area contributed by atoms with Crippen molar-refractivity contribution >= 4 is 33.8 Å². The van der Waals surface area contributed by atoms with Crippen LogP contribution >= 0.6 is 27.9 Å². The molecule has 1 aromatic rings. The molecule has 0 fully saturated rings. The highest BCUT2D eigenvalue weighted by Gasteiger charge is 2.19. The van der Waals surface area contributed by atoms with Crippen LogP contribution in [0.3, 0.4) is 0 Å². The molecule has 1 amide bonds. The zero-order valence-corrected chi connectivity index (χ0v) is 11.1. The highest BCUT2D eigenvalue weighted by Crippen LogP contribution is 2.31. The van der Waals surface area contributed by atoms with Crippen LogP contribution in [0.15, 0.2) is 38.8 Å². The third kappa shape index (κ3) is 2.46. The van der Waals surface area contributed by atoms with Gasteiger partial charge in [-0.05, 0) is 35.7 Å². The van der Waals surface area contributed by atoms with E-state index in [2.05, 4.69) is 20.7 Å². The lowest BCUT2D eigenvalue weighted by Crippen LogP contribution is -2.22. The van der Waals surface area contributed by atoms with Crippen molar-refractivity contribution in [2.45, 2.75) is 11.3 Å². The first-order valence-electron chi connectivity index (χ1n) is 4.76. The second-order valence-electron chi connectivity index (χ2n) is 3.46. The van der Waals surface area contributed by atoms with Crippen molar-refractivity contribution in [2.75, 3.05) is 0 Å². The predicted molar refractivity (Wildman–Crippen MR) is 68.7 cm³/mol. The van der Waals surface area contributed by atoms with Gasteiger partial charge in [-0.3, -0.25) is 4.79 Å². The number of nitrogens with two attached hydrogens (primary N) is 1. The number of hydrogen-bond donors (Lipinski definition) is 2. The number of primary amides is 1. The summed E-state index contributed by atoms with van der Waals surface area (Å²) >= 11 is 4.77. The van der Waals surface area contributed by atoms with Gasteiger partial charge in [0.05, 0.1) is 0 Å². The average molecular weight is 310 g/mol. The van der Waals surface area contributed by atoms with Crippen LogP contribution in [-0.2, 0) is 11.2 Å². The molecule has 0 unspecified atom stereocenters. The van der Waals surface area contributed by atoms with Crippen LogP contribution in [0.5, 0.6) is 0 Å². The number of carbonyl (C=O) groups excluding carboxylic acids is 1. The molecule has 1 heterocycles. The minimum atomic E-state index is -0.700. The fraction of sp³-hybridized carbons (Fsp3) is 0.0909. The van der Waals surface area contributed by atoms with Gasteiger partial charge >= 0.3 is 0 Å². The Kier molecular flexibility index (Phi) is 3.41. The summed E-state index contributed by atoms with van der Waals surface area (Å²) < 4.78 is 3.95. The van der Waals surface area contributed by atoms with Crippen LogP contribution in [0.1, 0.15) is 5.56 Å². The number of halogens is 1. The van der Waals surface area contributed by atoms with E-state index in [0.717, 1.165) is 14.9 Å². The maximum Gasteiger partial charge on any atom is 0.261 e. The number of nitriles is 1. The van der Waals surface area contributed by atoms with E-state index in [1.807, 2.05) is 24.3 Å². The fourth-order valence-corrected chi connectivity index (χ4v) is 2.75. The molecule has 17 heavy (non-hydrogen) atoms. The molecule has 0 spiro atoms. The molecule has 0 atom stereocenters. The topological polar surface area (TPSA) is 78.9 Å². The molecule has 86 valence electrons. The Labute approximate surface area is 111 Å². The van der Waals surface area contributed by atoms with Crippen molar-refractivity contribution in [3.8, 4) is 6.07 Å². The van der Waals surface area contributed by atoms with E-state index in [9.17, 15) is 4.79 Å². The smallest absolute Gasteiger partial charge is 0.261 e. The average Bonchev–Trinajstić information content (AvgIpc) is 2.29. The number of fused-ring (bicyclic) bond motifs is 1. The quantitative estimate of drug-likeness (QED) is 0.471. The third-order valence-electron chi connectivity index (χ3n) is 2.33. The minimum Gasteiger partial charge on any atom is -0.365 e. The van der Waals surface area contributed by atoms with Crippen molar-refractivity contribution in [3.63, 3.8) is 0 Å². The van der Waals surface area contributed by atoms with E-state index < -0.39 is 5.91 Å². The molecule has 6 heteroatoms. The van der Waals surface area contributed by atoms with E-state index in [1.165, 1.54) is 11.9 Å². The molecular weight excluding hydrogens is 302 g/mol. The van der Waals surface area contributed by atoms with Crippen LogP contribution in [0.4, 0.5) is 0 Å². The summed E-state index contributed by atoms with van der Waals surface area (Å²) in [7, 11) is 0. The number of allylic oxidation sites excluding steroid dienone is 1. The van der Waals surface area contributed by atoms with Gasteiger partial charge in [-0.2, -0.15) is 5.26 Å². The van der Waals surface area contributed by atoms with Gasteiger partial charge in [-0.15, -0.1) is 0 Å². The first kappa shape index (κ1) is 12.0. The number of nitrogens with zero attached hydrogens (tertiary/aromatic N) is 1. The first-order valence-corrected chi connectivity index (χ1v) is 6.37. The highest BCUT2D eigenvalue weighted by molar-refractivity contribution is 9.10. The zero-order chi connectivity index (χ0) is 12.4. The summed E-state index contributed by atoms with van der Waals surface area (Å²) in [4.78, 5) is 12.2. The molecule has 0 radical (unpaired) electrons.